The molecule has 0 aliphatic heterocycles. The van der Waals surface area contributed by atoms with Gasteiger partial charge in [0.15, 0.2) is 5.69 Å². The smallest absolute Gasteiger partial charge is 0.197 e. The second-order valence-electron chi connectivity index (χ2n) is 14.4. The quantitative estimate of drug-likeness (QED) is 0.172. The van der Waals surface area contributed by atoms with E-state index in [-0.39, 0.29) is 0 Å². The second-order valence-corrected chi connectivity index (χ2v) is 14.4. The van der Waals surface area contributed by atoms with Crippen LogP contribution >= 0.6 is 0 Å². The minimum absolute atomic E-state index is 0.660. The Morgan fingerprint density at radius 1 is 0.418 bits per heavy atom. The highest BCUT2D eigenvalue weighted by atomic mass is 16.3. The Bertz CT molecular complexity index is 3640. The number of hydrogen-bond acceptors (Lipinski definition) is 2. The lowest BCUT2D eigenvalue weighted by atomic mass is 10.0. The predicted octanol–water partition coefficient (Wildman–Crippen LogP) is 14.2. The van der Waals surface area contributed by atoms with E-state index in [4.69, 9.17) is 15.4 Å². The summed E-state index contributed by atoms with van der Waals surface area (Å²) in [6.07, 6.45) is 0. The van der Waals surface area contributed by atoms with Gasteiger partial charge in [-0.1, -0.05) is 72.8 Å². The van der Waals surface area contributed by atoms with Gasteiger partial charge in [0, 0.05) is 54.6 Å². The summed E-state index contributed by atoms with van der Waals surface area (Å²) in [7, 11) is 0. The Morgan fingerprint density at radius 3 is 1.44 bits per heavy atom. The van der Waals surface area contributed by atoms with Crippen LogP contribution in [-0.4, -0.2) is 9.13 Å². The molecule has 4 heterocycles. The van der Waals surface area contributed by atoms with Crippen LogP contribution in [0.1, 0.15) is 5.56 Å². The Labute approximate surface area is 314 Å². The predicted molar refractivity (Wildman–Crippen MR) is 226 cm³/mol. The molecule has 0 radical (unpaired) electrons. The maximum atomic E-state index is 7.85. The standard InChI is InChI=1S/C50H29N3O2/c1-29-9-7-15-43-49(29)34-10-3-5-13-41(34)52(43)32-19-23-47-38(27-32)36-25-30(17-21-45(36)54-47)31-18-22-46-37(26-31)39-28-33(20-24-48(39)55-46)53-42-14-6-4-11-35(42)50-40(51-2)12-8-16-44(50)53/h3-28H,1H3. The fourth-order valence-electron chi connectivity index (χ4n) is 9.02. The lowest BCUT2D eigenvalue weighted by molar-refractivity contribution is 0.668. The van der Waals surface area contributed by atoms with Crippen molar-refractivity contribution in [1.82, 2.24) is 9.13 Å². The van der Waals surface area contributed by atoms with Crippen molar-refractivity contribution >= 4 is 93.2 Å². The minimum Gasteiger partial charge on any atom is -0.456 e. The normalized spacial score (nSPS) is 12.1. The summed E-state index contributed by atoms with van der Waals surface area (Å²) in [5.74, 6) is 0. The van der Waals surface area contributed by atoms with Gasteiger partial charge in [0.05, 0.1) is 23.1 Å². The van der Waals surface area contributed by atoms with E-state index in [9.17, 15) is 0 Å². The average Bonchev–Trinajstić information content (AvgIpc) is 3.97. The van der Waals surface area contributed by atoms with Crippen LogP contribution in [0.25, 0.3) is 115 Å². The molecule has 0 spiro atoms. The molecule has 4 aromatic heterocycles. The molecule has 0 bridgehead atoms. The molecule has 0 saturated carbocycles. The first kappa shape index (κ1) is 30.0. The first-order valence-electron chi connectivity index (χ1n) is 18.5. The monoisotopic (exact) mass is 703 g/mol. The van der Waals surface area contributed by atoms with Gasteiger partial charge in [-0.3, -0.25) is 0 Å². The van der Waals surface area contributed by atoms with Crippen LogP contribution in [0.4, 0.5) is 5.69 Å². The van der Waals surface area contributed by atoms with Crippen molar-refractivity contribution in [1.29, 1.82) is 0 Å². The number of aromatic nitrogens is 2. The maximum absolute atomic E-state index is 7.85. The molecule has 0 amide bonds. The molecule has 0 N–H and O–H groups in total. The van der Waals surface area contributed by atoms with Crippen molar-refractivity contribution < 1.29 is 8.83 Å². The highest BCUT2D eigenvalue weighted by molar-refractivity contribution is 6.16. The van der Waals surface area contributed by atoms with E-state index in [1.807, 2.05) is 18.2 Å². The largest absolute Gasteiger partial charge is 0.456 e. The molecule has 8 aromatic carbocycles. The molecular weight excluding hydrogens is 675 g/mol. The summed E-state index contributed by atoms with van der Waals surface area (Å²) in [5.41, 5.74) is 14.1. The number of para-hydroxylation sites is 2. The van der Waals surface area contributed by atoms with E-state index in [0.29, 0.717) is 5.69 Å². The van der Waals surface area contributed by atoms with E-state index in [1.54, 1.807) is 0 Å². The molecule has 0 fully saturated rings. The van der Waals surface area contributed by atoms with Crippen LogP contribution in [0, 0.1) is 13.5 Å². The van der Waals surface area contributed by atoms with Gasteiger partial charge in [-0.05, 0) is 114 Å². The zero-order valence-electron chi connectivity index (χ0n) is 29.7. The molecule has 0 aliphatic carbocycles. The van der Waals surface area contributed by atoms with Crippen LogP contribution < -0.4 is 0 Å². The van der Waals surface area contributed by atoms with Crippen molar-refractivity contribution in [2.75, 3.05) is 0 Å². The number of hydrogen-bond donors (Lipinski definition) is 0. The fourth-order valence-corrected chi connectivity index (χ4v) is 9.02. The summed E-state index contributed by atoms with van der Waals surface area (Å²) in [6, 6.07) is 55.3. The summed E-state index contributed by atoms with van der Waals surface area (Å²) in [4.78, 5) is 3.86. The molecule has 0 saturated heterocycles. The third-order valence-electron chi connectivity index (χ3n) is 11.5. The molecule has 256 valence electrons. The lowest BCUT2D eigenvalue weighted by Crippen LogP contribution is -1.93. The minimum atomic E-state index is 0.660. The Morgan fingerprint density at radius 2 is 0.873 bits per heavy atom. The molecular formula is C50H29N3O2. The van der Waals surface area contributed by atoms with Crippen molar-refractivity contribution in [2.45, 2.75) is 6.92 Å². The maximum Gasteiger partial charge on any atom is 0.197 e. The van der Waals surface area contributed by atoms with Gasteiger partial charge in [0.2, 0.25) is 0 Å². The number of aryl methyl sites for hydroxylation is 1. The third kappa shape index (κ3) is 4.16. The van der Waals surface area contributed by atoms with E-state index in [1.165, 1.54) is 27.4 Å². The van der Waals surface area contributed by atoms with E-state index in [2.05, 4.69) is 160 Å². The number of fused-ring (bicyclic) bond motifs is 12. The van der Waals surface area contributed by atoms with Crippen LogP contribution in [0.15, 0.2) is 167 Å². The zero-order valence-corrected chi connectivity index (χ0v) is 29.7. The first-order valence-corrected chi connectivity index (χ1v) is 18.5. The van der Waals surface area contributed by atoms with Crippen molar-refractivity contribution in [3.8, 4) is 22.5 Å². The van der Waals surface area contributed by atoms with Crippen LogP contribution in [0.5, 0.6) is 0 Å². The number of rotatable bonds is 3. The summed E-state index contributed by atoms with van der Waals surface area (Å²) < 4.78 is 17.4. The molecule has 55 heavy (non-hydrogen) atoms. The molecule has 5 heteroatoms. The molecule has 0 aliphatic rings. The van der Waals surface area contributed by atoms with Gasteiger partial charge in [0.1, 0.15) is 22.3 Å². The van der Waals surface area contributed by atoms with Crippen molar-refractivity contribution in [3.05, 3.63) is 175 Å². The molecule has 0 atom stereocenters. The summed E-state index contributed by atoms with van der Waals surface area (Å²) in [6.45, 7) is 10.0. The van der Waals surface area contributed by atoms with Crippen LogP contribution in [0.2, 0.25) is 0 Å². The third-order valence-corrected chi connectivity index (χ3v) is 11.5. The topological polar surface area (TPSA) is 40.5 Å². The van der Waals surface area contributed by atoms with Gasteiger partial charge in [-0.2, -0.15) is 0 Å². The second kappa shape index (κ2) is 11.0. The molecule has 0 unspecified atom stereocenters. The number of furan rings is 2. The Kier molecular flexibility index (Phi) is 5.99. The Hall–Kier alpha value is -7.55. The lowest BCUT2D eigenvalue weighted by Gasteiger charge is -2.08. The van der Waals surface area contributed by atoms with Crippen molar-refractivity contribution in [3.63, 3.8) is 0 Å². The van der Waals surface area contributed by atoms with Crippen LogP contribution in [0.3, 0.4) is 0 Å². The van der Waals surface area contributed by atoms with Gasteiger partial charge in [-0.25, -0.2) is 4.85 Å². The van der Waals surface area contributed by atoms with E-state index >= 15 is 0 Å². The molecule has 5 nitrogen and oxygen atoms in total. The van der Waals surface area contributed by atoms with Crippen LogP contribution in [-0.2, 0) is 0 Å². The highest BCUT2D eigenvalue weighted by Gasteiger charge is 2.19. The van der Waals surface area contributed by atoms with E-state index in [0.717, 1.165) is 88.2 Å². The van der Waals surface area contributed by atoms with Gasteiger partial charge in [0.25, 0.3) is 0 Å². The average molecular weight is 704 g/mol. The SMILES string of the molecule is [C-]#[N+]c1cccc2c1c1ccccc1n2-c1ccc2oc3ccc(-c4ccc5oc6ccc(-n7c8ccccc8c8c(C)cccc87)cc6c5c4)cc3c2c1. The summed E-state index contributed by atoms with van der Waals surface area (Å²) >= 11 is 0. The highest BCUT2D eigenvalue weighted by Crippen LogP contribution is 2.41. The number of benzene rings is 8. The fraction of sp³-hybridized carbons (Fsp3) is 0.0200. The van der Waals surface area contributed by atoms with Gasteiger partial charge in [-0.15, -0.1) is 0 Å². The summed E-state index contributed by atoms with van der Waals surface area (Å²) in [5, 5.41) is 8.86. The first-order chi connectivity index (χ1) is 27.1. The van der Waals surface area contributed by atoms with Gasteiger partial charge < -0.3 is 18.0 Å². The number of nitrogens with zero attached hydrogens (tertiary/aromatic N) is 3. The van der Waals surface area contributed by atoms with Crippen molar-refractivity contribution in [2.24, 2.45) is 0 Å². The zero-order chi connectivity index (χ0) is 36.4. The molecule has 12 aromatic rings. The Balaban J connectivity index is 1.01. The molecule has 12 rings (SSSR count). The van der Waals surface area contributed by atoms with Gasteiger partial charge >= 0.3 is 0 Å². The van der Waals surface area contributed by atoms with E-state index < -0.39 is 0 Å².